The summed E-state index contributed by atoms with van der Waals surface area (Å²) in [5, 5.41) is 8.96. The molecule has 1 aliphatic rings. The van der Waals surface area contributed by atoms with Gasteiger partial charge in [0.2, 0.25) is 0 Å². The van der Waals surface area contributed by atoms with Gasteiger partial charge in [-0.3, -0.25) is 0 Å². The maximum Gasteiger partial charge on any atom is 0.134 e. The molecule has 1 N–H and O–H groups in total. The van der Waals surface area contributed by atoms with E-state index in [2.05, 4.69) is 18.2 Å². The van der Waals surface area contributed by atoms with Crippen molar-refractivity contribution in [1.82, 2.24) is 0 Å². The van der Waals surface area contributed by atoms with Gasteiger partial charge in [-0.2, -0.15) is 0 Å². The van der Waals surface area contributed by atoms with Crippen molar-refractivity contribution in [3.8, 4) is 11.3 Å². The molecule has 82 valence electrons. The Morgan fingerprint density at radius 2 is 1.94 bits per heavy atom. The van der Waals surface area contributed by atoms with Crippen LogP contribution in [-0.2, 0) is 19.4 Å². The second kappa shape index (κ2) is 3.80. The lowest BCUT2D eigenvalue weighted by Gasteiger charge is -2.02. The van der Waals surface area contributed by atoms with Gasteiger partial charge in [-0.25, -0.2) is 0 Å². The van der Waals surface area contributed by atoms with Crippen molar-refractivity contribution in [3.63, 3.8) is 0 Å². The van der Waals surface area contributed by atoms with E-state index in [0.29, 0.717) is 5.76 Å². The van der Waals surface area contributed by atoms with E-state index >= 15 is 0 Å². The van der Waals surface area contributed by atoms with E-state index in [0.717, 1.165) is 11.3 Å². The van der Waals surface area contributed by atoms with E-state index < -0.39 is 0 Å². The lowest BCUT2D eigenvalue weighted by molar-refractivity contribution is 0.248. The summed E-state index contributed by atoms with van der Waals surface area (Å²) < 4.78 is 5.53. The number of rotatable bonds is 2. The number of fused-ring (bicyclic) bond motifs is 1. The first-order valence-corrected chi connectivity index (χ1v) is 5.68. The van der Waals surface area contributed by atoms with Gasteiger partial charge in [0.1, 0.15) is 18.1 Å². The second-order valence-electron chi connectivity index (χ2n) is 4.26. The molecule has 0 bridgehead atoms. The maximum absolute atomic E-state index is 8.96. The van der Waals surface area contributed by atoms with E-state index in [1.165, 1.54) is 30.4 Å². The number of aliphatic hydroxyl groups excluding tert-OH is 1. The molecular weight excluding hydrogens is 200 g/mol. The lowest BCUT2D eigenvalue weighted by atomic mass is 10.1. The summed E-state index contributed by atoms with van der Waals surface area (Å²) in [4.78, 5) is 0. The summed E-state index contributed by atoms with van der Waals surface area (Å²) in [6, 6.07) is 10.2. The molecule has 16 heavy (non-hydrogen) atoms. The van der Waals surface area contributed by atoms with Gasteiger partial charge in [-0.05, 0) is 48.6 Å². The predicted molar refractivity (Wildman–Crippen MR) is 62.1 cm³/mol. The van der Waals surface area contributed by atoms with Crippen LogP contribution < -0.4 is 0 Å². The minimum Gasteiger partial charge on any atom is -0.459 e. The minimum atomic E-state index is -0.0368. The SMILES string of the molecule is OCc1ccc(-c2ccc3c(c2)CCC3)o1. The number of hydrogen-bond donors (Lipinski definition) is 1. The van der Waals surface area contributed by atoms with Crippen molar-refractivity contribution in [3.05, 3.63) is 47.2 Å². The zero-order valence-electron chi connectivity index (χ0n) is 9.07. The first-order chi connectivity index (χ1) is 7.86. The highest BCUT2D eigenvalue weighted by atomic mass is 16.4. The van der Waals surface area contributed by atoms with Gasteiger partial charge in [0.15, 0.2) is 0 Å². The topological polar surface area (TPSA) is 33.4 Å². The largest absolute Gasteiger partial charge is 0.459 e. The van der Waals surface area contributed by atoms with Crippen molar-refractivity contribution in [2.75, 3.05) is 0 Å². The predicted octanol–water partition coefficient (Wildman–Crippen LogP) is 2.93. The van der Waals surface area contributed by atoms with Crippen LogP contribution in [0.2, 0.25) is 0 Å². The fraction of sp³-hybridized carbons (Fsp3) is 0.286. The van der Waals surface area contributed by atoms with E-state index in [4.69, 9.17) is 9.52 Å². The van der Waals surface area contributed by atoms with Gasteiger partial charge < -0.3 is 9.52 Å². The zero-order chi connectivity index (χ0) is 11.0. The van der Waals surface area contributed by atoms with Crippen LogP contribution in [0.5, 0.6) is 0 Å². The van der Waals surface area contributed by atoms with Gasteiger partial charge in [0.05, 0.1) is 0 Å². The Labute approximate surface area is 94.5 Å². The average molecular weight is 214 g/mol. The summed E-state index contributed by atoms with van der Waals surface area (Å²) in [7, 11) is 0. The van der Waals surface area contributed by atoms with Gasteiger partial charge in [-0.1, -0.05) is 12.1 Å². The third-order valence-electron chi connectivity index (χ3n) is 3.20. The van der Waals surface area contributed by atoms with Crippen LogP contribution in [0.1, 0.15) is 23.3 Å². The molecule has 2 heteroatoms. The molecule has 1 aliphatic carbocycles. The number of aryl methyl sites for hydroxylation is 2. The summed E-state index contributed by atoms with van der Waals surface area (Å²) in [5.41, 5.74) is 4.03. The zero-order valence-corrected chi connectivity index (χ0v) is 9.07. The molecule has 2 nitrogen and oxygen atoms in total. The summed E-state index contributed by atoms with van der Waals surface area (Å²) in [6.07, 6.45) is 3.64. The van der Waals surface area contributed by atoms with Crippen LogP contribution in [0.3, 0.4) is 0 Å². The highest BCUT2D eigenvalue weighted by Gasteiger charge is 2.12. The number of aliphatic hydroxyl groups is 1. The van der Waals surface area contributed by atoms with Crippen LogP contribution >= 0.6 is 0 Å². The number of benzene rings is 1. The first kappa shape index (κ1) is 9.67. The molecule has 2 aromatic rings. The molecule has 0 amide bonds. The minimum absolute atomic E-state index is 0.0368. The molecule has 0 radical (unpaired) electrons. The highest BCUT2D eigenvalue weighted by molar-refractivity contribution is 5.60. The number of hydrogen-bond acceptors (Lipinski definition) is 2. The molecule has 0 saturated carbocycles. The molecule has 0 fully saturated rings. The second-order valence-corrected chi connectivity index (χ2v) is 4.26. The number of furan rings is 1. The monoisotopic (exact) mass is 214 g/mol. The van der Waals surface area contributed by atoms with Crippen LogP contribution in [-0.4, -0.2) is 5.11 Å². The molecular formula is C14H14O2. The van der Waals surface area contributed by atoms with Crippen LogP contribution in [0.25, 0.3) is 11.3 Å². The van der Waals surface area contributed by atoms with Crippen molar-refractivity contribution >= 4 is 0 Å². The Hall–Kier alpha value is -1.54. The molecule has 0 atom stereocenters. The van der Waals surface area contributed by atoms with Gasteiger partial charge in [-0.15, -0.1) is 0 Å². The van der Waals surface area contributed by atoms with Crippen LogP contribution in [0, 0.1) is 0 Å². The first-order valence-electron chi connectivity index (χ1n) is 5.68. The molecule has 0 spiro atoms. The normalized spacial score (nSPS) is 14.1. The smallest absolute Gasteiger partial charge is 0.134 e. The third-order valence-corrected chi connectivity index (χ3v) is 3.20. The fourth-order valence-corrected chi connectivity index (χ4v) is 2.34. The van der Waals surface area contributed by atoms with E-state index in [1.807, 2.05) is 12.1 Å². The molecule has 0 unspecified atom stereocenters. The van der Waals surface area contributed by atoms with Crippen molar-refractivity contribution < 1.29 is 9.52 Å². The molecule has 0 saturated heterocycles. The summed E-state index contributed by atoms with van der Waals surface area (Å²) in [5.74, 6) is 1.47. The van der Waals surface area contributed by atoms with E-state index in [9.17, 15) is 0 Å². The molecule has 1 heterocycles. The van der Waals surface area contributed by atoms with E-state index in [-0.39, 0.29) is 6.61 Å². The maximum atomic E-state index is 8.96. The Bertz CT molecular complexity index is 511. The Kier molecular flexibility index (Phi) is 2.29. The molecule has 1 aromatic carbocycles. The molecule has 1 aromatic heterocycles. The van der Waals surface area contributed by atoms with Gasteiger partial charge >= 0.3 is 0 Å². The van der Waals surface area contributed by atoms with Gasteiger partial charge in [0, 0.05) is 5.56 Å². The molecule has 3 rings (SSSR count). The summed E-state index contributed by atoms with van der Waals surface area (Å²) in [6.45, 7) is -0.0368. The highest BCUT2D eigenvalue weighted by Crippen LogP contribution is 2.29. The third kappa shape index (κ3) is 1.55. The average Bonchev–Trinajstić information content (AvgIpc) is 2.96. The standard InChI is InChI=1S/C14H14O2/c15-9-13-6-7-14(16-13)12-5-4-10-2-1-3-11(10)8-12/h4-8,15H,1-3,9H2. The van der Waals surface area contributed by atoms with Crippen molar-refractivity contribution in [2.45, 2.75) is 25.9 Å². The van der Waals surface area contributed by atoms with E-state index in [1.54, 1.807) is 0 Å². The Morgan fingerprint density at radius 3 is 2.75 bits per heavy atom. The summed E-state index contributed by atoms with van der Waals surface area (Å²) >= 11 is 0. The van der Waals surface area contributed by atoms with Crippen molar-refractivity contribution in [2.24, 2.45) is 0 Å². The van der Waals surface area contributed by atoms with Crippen LogP contribution in [0.15, 0.2) is 34.7 Å². The van der Waals surface area contributed by atoms with Crippen molar-refractivity contribution in [1.29, 1.82) is 0 Å². The quantitative estimate of drug-likeness (QED) is 0.833. The fourth-order valence-electron chi connectivity index (χ4n) is 2.34. The molecule has 0 aliphatic heterocycles. The lowest BCUT2D eigenvalue weighted by Crippen LogP contribution is -1.83. The Balaban J connectivity index is 2.00. The Morgan fingerprint density at radius 1 is 1.06 bits per heavy atom. The van der Waals surface area contributed by atoms with Crippen LogP contribution in [0.4, 0.5) is 0 Å². The van der Waals surface area contributed by atoms with Gasteiger partial charge in [0.25, 0.3) is 0 Å².